The second-order valence-corrected chi connectivity index (χ2v) is 7.81. The number of hydrogen-bond acceptors (Lipinski definition) is 4. The summed E-state index contributed by atoms with van der Waals surface area (Å²) in [5.74, 6) is -0.160. The molecule has 0 saturated carbocycles. The van der Waals surface area contributed by atoms with Crippen molar-refractivity contribution in [1.82, 2.24) is 9.78 Å². The lowest BCUT2D eigenvalue weighted by Crippen LogP contribution is -2.12. The SMILES string of the molecule is Cc1nn(Cc2ccc(F)cc2Cl)c(C)c1NC(=O)c1ccc(COc2ccc(F)cc2)o1. The lowest BCUT2D eigenvalue weighted by Gasteiger charge is -2.08. The first-order valence-electron chi connectivity index (χ1n) is 10.1. The van der Waals surface area contributed by atoms with Crippen molar-refractivity contribution in [3.05, 3.63) is 99.7 Å². The van der Waals surface area contributed by atoms with Gasteiger partial charge in [0.2, 0.25) is 0 Å². The molecule has 1 N–H and O–H groups in total. The predicted molar refractivity (Wildman–Crippen MR) is 120 cm³/mol. The Bertz CT molecular complexity index is 1300. The van der Waals surface area contributed by atoms with Crippen molar-refractivity contribution in [3.63, 3.8) is 0 Å². The third kappa shape index (κ3) is 5.23. The van der Waals surface area contributed by atoms with E-state index in [-0.39, 0.29) is 18.2 Å². The molecule has 0 fully saturated rings. The number of nitrogens with one attached hydrogen (secondary N) is 1. The van der Waals surface area contributed by atoms with Gasteiger partial charge in [0.1, 0.15) is 29.8 Å². The minimum Gasteiger partial charge on any atom is -0.486 e. The van der Waals surface area contributed by atoms with Crippen LogP contribution in [-0.4, -0.2) is 15.7 Å². The smallest absolute Gasteiger partial charge is 0.291 e. The molecule has 33 heavy (non-hydrogen) atoms. The first-order valence-corrected chi connectivity index (χ1v) is 10.4. The monoisotopic (exact) mass is 471 g/mol. The van der Waals surface area contributed by atoms with Crippen LogP contribution < -0.4 is 10.1 Å². The van der Waals surface area contributed by atoms with Crippen LogP contribution in [0.25, 0.3) is 0 Å². The van der Waals surface area contributed by atoms with Crippen LogP contribution in [0.5, 0.6) is 5.75 Å². The topological polar surface area (TPSA) is 69.3 Å². The second kappa shape index (κ2) is 9.46. The molecule has 0 saturated heterocycles. The molecule has 4 aromatic rings. The number of amides is 1. The Hall–Kier alpha value is -3.65. The number of aryl methyl sites for hydroxylation is 1. The number of rotatable bonds is 7. The van der Waals surface area contributed by atoms with E-state index in [2.05, 4.69) is 10.4 Å². The number of hydrogen-bond donors (Lipinski definition) is 1. The van der Waals surface area contributed by atoms with E-state index in [1.807, 2.05) is 6.92 Å². The van der Waals surface area contributed by atoms with E-state index in [1.54, 1.807) is 29.8 Å². The van der Waals surface area contributed by atoms with Crippen LogP contribution in [0.2, 0.25) is 5.02 Å². The fraction of sp³-hybridized carbons (Fsp3) is 0.167. The number of benzene rings is 2. The number of nitrogens with zero attached hydrogens (tertiary/aromatic N) is 2. The van der Waals surface area contributed by atoms with E-state index >= 15 is 0 Å². The Kier molecular flexibility index (Phi) is 6.46. The highest BCUT2D eigenvalue weighted by Crippen LogP contribution is 2.24. The number of halogens is 3. The molecule has 2 aromatic heterocycles. The molecule has 0 aliphatic heterocycles. The molecule has 0 radical (unpaired) electrons. The molecule has 0 spiro atoms. The summed E-state index contributed by atoms with van der Waals surface area (Å²) < 4.78 is 39.1. The first-order chi connectivity index (χ1) is 15.8. The first kappa shape index (κ1) is 22.5. The van der Waals surface area contributed by atoms with Gasteiger partial charge in [-0.2, -0.15) is 5.10 Å². The van der Waals surface area contributed by atoms with Crippen LogP contribution in [-0.2, 0) is 13.2 Å². The molecular formula is C24H20ClF2N3O3. The van der Waals surface area contributed by atoms with Crippen LogP contribution in [0.15, 0.2) is 59.0 Å². The van der Waals surface area contributed by atoms with Crippen LogP contribution in [0.4, 0.5) is 14.5 Å². The largest absolute Gasteiger partial charge is 0.486 e. The highest BCUT2D eigenvalue weighted by atomic mass is 35.5. The van der Waals surface area contributed by atoms with Gasteiger partial charge in [0.25, 0.3) is 5.91 Å². The molecule has 2 heterocycles. The van der Waals surface area contributed by atoms with Crippen molar-refractivity contribution in [2.75, 3.05) is 5.32 Å². The Morgan fingerprint density at radius 3 is 2.55 bits per heavy atom. The quantitative estimate of drug-likeness (QED) is 0.364. The lowest BCUT2D eigenvalue weighted by molar-refractivity contribution is 0.0992. The van der Waals surface area contributed by atoms with Crippen LogP contribution >= 0.6 is 11.6 Å². The number of ether oxygens (including phenoxy) is 1. The van der Waals surface area contributed by atoms with Crippen molar-refractivity contribution >= 4 is 23.2 Å². The summed E-state index contributed by atoms with van der Waals surface area (Å²) in [5, 5.41) is 7.59. The van der Waals surface area contributed by atoms with Gasteiger partial charge < -0.3 is 14.5 Å². The van der Waals surface area contributed by atoms with Gasteiger partial charge >= 0.3 is 0 Å². The summed E-state index contributed by atoms with van der Waals surface area (Å²) in [6.45, 7) is 4.01. The molecule has 170 valence electrons. The number of furan rings is 1. The molecule has 9 heteroatoms. The Morgan fingerprint density at radius 1 is 1.09 bits per heavy atom. The van der Waals surface area contributed by atoms with Crippen molar-refractivity contribution in [2.45, 2.75) is 27.0 Å². The zero-order valence-corrected chi connectivity index (χ0v) is 18.6. The maximum absolute atomic E-state index is 13.3. The molecule has 0 aliphatic rings. The standard InChI is InChI=1S/C24H20ClF2N3O3/c1-14-23(15(2)30(29-14)12-16-3-4-18(27)11-21(16)25)28-24(31)22-10-9-20(33-22)13-32-19-7-5-17(26)6-8-19/h3-11H,12-13H2,1-2H3,(H,28,31). The molecule has 6 nitrogen and oxygen atoms in total. The Labute approximate surface area is 193 Å². The van der Waals surface area contributed by atoms with Crippen LogP contribution in [0, 0.1) is 25.5 Å². The van der Waals surface area contributed by atoms with Crippen molar-refractivity contribution in [3.8, 4) is 5.75 Å². The number of anilines is 1. The fourth-order valence-electron chi connectivity index (χ4n) is 3.28. The van der Waals surface area contributed by atoms with Crippen molar-refractivity contribution < 1.29 is 22.7 Å². The molecule has 4 rings (SSSR count). The lowest BCUT2D eigenvalue weighted by atomic mass is 10.2. The molecule has 0 unspecified atom stereocenters. The summed E-state index contributed by atoms with van der Waals surface area (Å²) in [7, 11) is 0. The maximum atomic E-state index is 13.3. The summed E-state index contributed by atoms with van der Waals surface area (Å²) in [4.78, 5) is 12.7. The number of carbonyl (C=O) groups is 1. The van der Waals surface area contributed by atoms with Gasteiger partial charge in [-0.15, -0.1) is 0 Å². The van der Waals surface area contributed by atoms with E-state index in [9.17, 15) is 13.6 Å². The molecule has 1 amide bonds. The van der Waals surface area contributed by atoms with Gasteiger partial charge in [0, 0.05) is 5.02 Å². The summed E-state index contributed by atoms with van der Waals surface area (Å²) in [6.07, 6.45) is 0. The van der Waals surface area contributed by atoms with Gasteiger partial charge in [-0.05, 0) is 67.9 Å². The average molecular weight is 472 g/mol. The van der Waals surface area contributed by atoms with Crippen LogP contribution in [0.3, 0.4) is 0 Å². The summed E-state index contributed by atoms with van der Waals surface area (Å²) in [6, 6.07) is 13.0. The van der Waals surface area contributed by atoms with Gasteiger partial charge in [-0.1, -0.05) is 17.7 Å². The highest BCUT2D eigenvalue weighted by Gasteiger charge is 2.18. The van der Waals surface area contributed by atoms with E-state index < -0.39 is 11.7 Å². The van der Waals surface area contributed by atoms with E-state index in [4.69, 9.17) is 20.8 Å². The third-order valence-corrected chi connectivity index (χ3v) is 5.39. The van der Waals surface area contributed by atoms with E-state index in [1.165, 1.54) is 36.4 Å². The summed E-state index contributed by atoms with van der Waals surface area (Å²) >= 11 is 6.13. The maximum Gasteiger partial charge on any atom is 0.291 e. The number of aromatic nitrogens is 2. The molecule has 0 atom stereocenters. The third-order valence-electron chi connectivity index (χ3n) is 5.04. The van der Waals surface area contributed by atoms with Crippen molar-refractivity contribution in [1.29, 1.82) is 0 Å². The molecule has 0 bridgehead atoms. The van der Waals surface area contributed by atoms with Crippen molar-refractivity contribution in [2.24, 2.45) is 0 Å². The second-order valence-electron chi connectivity index (χ2n) is 7.40. The zero-order valence-electron chi connectivity index (χ0n) is 17.9. The Morgan fingerprint density at radius 2 is 1.82 bits per heavy atom. The van der Waals surface area contributed by atoms with E-state index in [0.717, 1.165) is 0 Å². The van der Waals surface area contributed by atoms with Crippen LogP contribution in [0.1, 0.15) is 33.3 Å². The molecule has 0 aliphatic carbocycles. The Balaban J connectivity index is 1.42. The number of carbonyl (C=O) groups excluding carboxylic acids is 1. The van der Waals surface area contributed by atoms with Gasteiger partial charge in [-0.25, -0.2) is 8.78 Å². The minimum absolute atomic E-state index is 0.0906. The van der Waals surface area contributed by atoms with Gasteiger partial charge in [0.15, 0.2) is 5.76 Å². The molecule has 2 aromatic carbocycles. The normalized spacial score (nSPS) is 10.9. The van der Waals surface area contributed by atoms with E-state index in [0.29, 0.717) is 45.7 Å². The summed E-state index contributed by atoms with van der Waals surface area (Å²) in [5.41, 5.74) is 2.59. The minimum atomic E-state index is -0.436. The molecular weight excluding hydrogens is 452 g/mol. The van der Waals surface area contributed by atoms with Gasteiger partial charge in [-0.3, -0.25) is 9.48 Å². The van der Waals surface area contributed by atoms with Gasteiger partial charge in [0.05, 0.1) is 23.6 Å². The fourth-order valence-corrected chi connectivity index (χ4v) is 3.51. The highest BCUT2D eigenvalue weighted by molar-refractivity contribution is 6.31. The average Bonchev–Trinajstić information content (AvgIpc) is 3.36. The zero-order chi connectivity index (χ0) is 23.5. The predicted octanol–water partition coefficient (Wildman–Crippen LogP) is 5.90.